The second-order valence-electron chi connectivity index (χ2n) is 5.76. The molecule has 1 atom stereocenters. The van der Waals surface area contributed by atoms with E-state index >= 15 is 0 Å². The van der Waals surface area contributed by atoms with E-state index in [1.54, 1.807) is 37.5 Å². The number of carbonyl (C=O) groups is 1. The average Bonchev–Trinajstić information content (AvgIpc) is 3.00. The molecule has 26 heavy (non-hydrogen) atoms. The first kappa shape index (κ1) is 17.7. The molecule has 0 aliphatic heterocycles. The van der Waals surface area contributed by atoms with Crippen molar-refractivity contribution >= 4 is 27.9 Å². The number of methoxy groups -OCH3 is 1. The van der Waals surface area contributed by atoms with Gasteiger partial charge in [0.1, 0.15) is 5.58 Å². The molecule has 0 aliphatic rings. The summed E-state index contributed by atoms with van der Waals surface area (Å²) in [6.07, 6.45) is 3.14. The number of carbonyl (C=O) groups excluding carboxylic acids is 1. The molecule has 1 unspecified atom stereocenters. The number of benzene rings is 1. The van der Waals surface area contributed by atoms with Crippen LogP contribution in [0, 0.1) is 10.1 Å². The SMILES string of the molecule is CCOC(=O)CC(C[N+](=O)[O-])c1ccc(OC)c2oc3ccncc3c12. The van der Waals surface area contributed by atoms with Crippen molar-refractivity contribution in [3.05, 3.63) is 46.3 Å². The molecular weight excluding hydrogens is 340 g/mol. The number of nitrogens with zero attached hydrogens (tertiary/aromatic N) is 2. The van der Waals surface area contributed by atoms with Crippen LogP contribution in [0.25, 0.3) is 21.9 Å². The minimum Gasteiger partial charge on any atom is -0.493 e. The van der Waals surface area contributed by atoms with Gasteiger partial charge in [-0.25, -0.2) is 0 Å². The lowest BCUT2D eigenvalue weighted by atomic mass is 9.91. The van der Waals surface area contributed by atoms with Crippen molar-refractivity contribution in [1.29, 1.82) is 0 Å². The van der Waals surface area contributed by atoms with Crippen molar-refractivity contribution in [2.75, 3.05) is 20.3 Å². The zero-order valence-electron chi connectivity index (χ0n) is 14.4. The van der Waals surface area contributed by atoms with Gasteiger partial charge in [-0.3, -0.25) is 19.9 Å². The molecule has 0 saturated carbocycles. The third-order valence-electron chi connectivity index (χ3n) is 4.16. The lowest BCUT2D eigenvalue weighted by Gasteiger charge is -2.14. The predicted molar refractivity (Wildman–Crippen MR) is 93.9 cm³/mol. The predicted octanol–water partition coefficient (Wildman–Crippen LogP) is 3.30. The molecule has 2 heterocycles. The Hall–Kier alpha value is -3.16. The van der Waals surface area contributed by atoms with E-state index in [4.69, 9.17) is 13.9 Å². The molecule has 1 aromatic carbocycles. The summed E-state index contributed by atoms with van der Waals surface area (Å²) in [6, 6.07) is 5.13. The van der Waals surface area contributed by atoms with Crippen LogP contribution in [0.15, 0.2) is 35.0 Å². The molecule has 3 aromatic rings. The maximum Gasteiger partial charge on any atom is 0.306 e. The maximum atomic E-state index is 12.0. The quantitative estimate of drug-likeness (QED) is 0.362. The zero-order valence-corrected chi connectivity index (χ0v) is 14.4. The van der Waals surface area contributed by atoms with Gasteiger partial charge < -0.3 is 13.9 Å². The summed E-state index contributed by atoms with van der Waals surface area (Å²) in [5, 5.41) is 12.6. The molecular formula is C18H18N2O6. The monoisotopic (exact) mass is 358 g/mol. The smallest absolute Gasteiger partial charge is 0.306 e. The molecule has 0 aliphatic carbocycles. The van der Waals surface area contributed by atoms with Gasteiger partial charge in [0.25, 0.3) is 0 Å². The van der Waals surface area contributed by atoms with E-state index in [-0.39, 0.29) is 13.0 Å². The average molecular weight is 358 g/mol. The van der Waals surface area contributed by atoms with Crippen molar-refractivity contribution in [1.82, 2.24) is 4.98 Å². The van der Waals surface area contributed by atoms with Gasteiger partial charge in [-0.2, -0.15) is 0 Å². The molecule has 0 fully saturated rings. The number of fused-ring (bicyclic) bond motifs is 3. The van der Waals surface area contributed by atoms with Gasteiger partial charge in [-0.1, -0.05) is 6.07 Å². The van der Waals surface area contributed by atoms with Crippen LogP contribution in [0.2, 0.25) is 0 Å². The highest BCUT2D eigenvalue weighted by molar-refractivity contribution is 6.08. The van der Waals surface area contributed by atoms with Crippen LogP contribution >= 0.6 is 0 Å². The minimum absolute atomic E-state index is 0.0941. The van der Waals surface area contributed by atoms with Gasteiger partial charge >= 0.3 is 5.97 Å². The number of hydrogen-bond donors (Lipinski definition) is 0. The molecule has 0 radical (unpaired) electrons. The molecule has 8 nitrogen and oxygen atoms in total. The Morgan fingerprint density at radius 3 is 2.88 bits per heavy atom. The molecule has 0 bridgehead atoms. The highest BCUT2D eigenvalue weighted by Crippen LogP contribution is 2.40. The van der Waals surface area contributed by atoms with Crippen molar-refractivity contribution in [3.8, 4) is 5.75 Å². The Bertz CT molecular complexity index is 965. The van der Waals surface area contributed by atoms with Gasteiger partial charge in [0.15, 0.2) is 11.3 Å². The van der Waals surface area contributed by atoms with Gasteiger partial charge in [0, 0.05) is 28.1 Å². The fourth-order valence-corrected chi connectivity index (χ4v) is 3.10. The summed E-state index contributed by atoms with van der Waals surface area (Å²) in [5.74, 6) is -0.622. The largest absolute Gasteiger partial charge is 0.493 e. The first-order chi connectivity index (χ1) is 12.5. The molecule has 0 N–H and O–H groups in total. The minimum atomic E-state index is -0.654. The second kappa shape index (κ2) is 7.38. The van der Waals surface area contributed by atoms with Gasteiger partial charge in [0.05, 0.1) is 26.1 Å². The van der Waals surface area contributed by atoms with E-state index in [0.29, 0.717) is 33.3 Å². The Kier molecular flexibility index (Phi) is 5.01. The number of nitro groups is 1. The summed E-state index contributed by atoms with van der Waals surface area (Å²) in [5.41, 5.74) is 1.71. The van der Waals surface area contributed by atoms with E-state index in [0.717, 1.165) is 0 Å². The number of esters is 1. The van der Waals surface area contributed by atoms with E-state index in [2.05, 4.69) is 4.98 Å². The highest BCUT2D eigenvalue weighted by Gasteiger charge is 2.27. The Labute approximate surface area is 148 Å². The third-order valence-corrected chi connectivity index (χ3v) is 4.16. The Morgan fingerprint density at radius 2 is 2.19 bits per heavy atom. The van der Waals surface area contributed by atoms with Crippen molar-refractivity contribution in [2.24, 2.45) is 0 Å². The number of rotatable bonds is 7. The number of ether oxygens (including phenoxy) is 2. The first-order valence-electron chi connectivity index (χ1n) is 8.15. The summed E-state index contributed by atoms with van der Waals surface area (Å²) in [7, 11) is 1.52. The Balaban J connectivity index is 2.20. The van der Waals surface area contributed by atoms with Gasteiger partial charge in [-0.15, -0.1) is 0 Å². The molecule has 136 valence electrons. The molecule has 2 aromatic heterocycles. The van der Waals surface area contributed by atoms with Crippen LogP contribution in [-0.4, -0.2) is 36.1 Å². The summed E-state index contributed by atoms with van der Waals surface area (Å²) >= 11 is 0. The summed E-state index contributed by atoms with van der Waals surface area (Å²) in [4.78, 5) is 26.8. The van der Waals surface area contributed by atoms with Crippen LogP contribution in [0.4, 0.5) is 0 Å². The van der Waals surface area contributed by atoms with Crippen molar-refractivity contribution in [2.45, 2.75) is 19.3 Å². The van der Waals surface area contributed by atoms with Gasteiger partial charge in [0.2, 0.25) is 6.54 Å². The molecule has 3 rings (SSSR count). The molecule has 8 heteroatoms. The van der Waals surface area contributed by atoms with Crippen LogP contribution in [0.3, 0.4) is 0 Å². The third kappa shape index (κ3) is 3.30. The number of furan rings is 1. The fourth-order valence-electron chi connectivity index (χ4n) is 3.10. The van der Waals surface area contributed by atoms with Crippen LogP contribution in [-0.2, 0) is 9.53 Å². The van der Waals surface area contributed by atoms with Crippen LogP contribution in [0.1, 0.15) is 24.8 Å². The van der Waals surface area contributed by atoms with Crippen LogP contribution < -0.4 is 4.74 Å². The topological polar surface area (TPSA) is 105 Å². The van der Waals surface area contributed by atoms with E-state index < -0.39 is 23.4 Å². The fraction of sp³-hybridized carbons (Fsp3) is 0.333. The van der Waals surface area contributed by atoms with Crippen molar-refractivity contribution < 1.29 is 23.6 Å². The van der Waals surface area contributed by atoms with Crippen molar-refractivity contribution in [3.63, 3.8) is 0 Å². The van der Waals surface area contributed by atoms with E-state index in [1.807, 2.05) is 0 Å². The summed E-state index contributed by atoms with van der Waals surface area (Å²) < 4.78 is 16.2. The van der Waals surface area contributed by atoms with E-state index in [9.17, 15) is 14.9 Å². The summed E-state index contributed by atoms with van der Waals surface area (Å²) in [6.45, 7) is 1.52. The number of pyridine rings is 1. The van der Waals surface area contributed by atoms with Gasteiger partial charge in [-0.05, 0) is 24.6 Å². The van der Waals surface area contributed by atoms with E-state index in [1.165, 1.54) is 7.11 Å². The van der Waals surface area contributed by atoms with Crippen LogP contribution in [0.5, 0.6) is 5.75 Å². The first-order valence-corrected chi connectivity index (χ1v) is 8.15. The molecule has 0 amide bonds. The highest BCUT2D eigenvalue weighted by atomic mass is 16.6. The normalized spacial score (nSPS) is 12.2. The molecule has 0 spiro atoms. The Morgan fingerprint density at radius 1 is 1.38 bits per heavy atom. The lowest BCUT2D eigenvalue weighted by molar-refractivity contribution is -0.483. The lowest BCUT2D eigenvalue weighted by Crippen LogP contribution is -2.18. The number of aromatic nitrogens is 1. The standard InChI is InChI=1S/C18H18N2O6/c1-3-25-16(21)8-11(10-20(22)23)12-4-5-15(24-2)18-17(12)13-9-19-7-6-14(13)26-18/h4-7,9,11H,3,8,10H2,1-2H3. The second-order valence-corrected chi connectivity index (χ2v) is 5.76. The number of hydrogen-bond acceptors (Lipinski definition) is 7. The maximum absolute atomic E-state index is 12.0. The zero-order chi connectivity index (χ0) is 18.7. The molecule has 0 saturated heterocycles.